The molecule has 1 saturated heterocycles. The van der Waals surface area contributed by atoms with Crippen LogP contribution >= 0.6 is 11.3 Å². The third-order valence-electron chi connectivity index (χ3n) is 2.19. The first-order valence-corrected chi connectivity index (χ1v) is 5.18. The molecule has 0 bridgehead atoms. The lowest BCUT2D eigenvalue weighted by Gasteiger charge is -2.19. The molecule has 66 valence electrons. The van der Waals surface area contributed by atoms with Crippen molar-refractivity contribution in [2.24, 2.45) is 0 Å². The van der Waals surface area contributed by atoms with Gasteiger partial charge in [0.1, 0.15) is 10.0 Å². The summed E-state index contributed by atoms with van der Waals surface area (Å²) in [6.07, 6.45) is 2.53. The second-order valence-corrected chi connectivity index (χ2v) is 4.42. The van der Waals surface area contributed by atoms with Gasteiger partial charge < -0.3 is 5.32 Å². The van der Waals surface area contributed by atoms with Crippen LogP contribution in [0.1, 0.15) is 28.8 Å². The van der Waals surface area contributed by atoms with Gasteiger partial charge in [0.25, 0.3) is 0 Å². The van der Waals surface area contributed by atoms with Crippen LogP contribution in [-0.4, -0.2) is 23.3 Å². The Morgan fingerprint density at radius 3 is 3.00 bits per heavy atom. The normalized spacial score (nSPS) is 24.2. The zero-order valence-corrected chi connectivity index (χ0v) is 8.02. The minimum atomic E-state index is 0.616. The molecule has 0 amide bonds. The Kier molecular flexibility index (Phi) is 2.37. The van der Waals surface area contributed by atoms with Gasteiger partial charge in [-0.05, 0) is 26.3 Å². The van der Waals surface area contributed by atoms with Crippen LogP contribution < -0.4 is 5.32 Å². The third-order valence-corrected chi connectivity index (χ3v) is 3.19. The van der Waals surface area contributed by atoms with Gasteiger partial charge in [0, 0.05) is 12.5 Å². The van der Waals surface area contributed by atoms with Crippen molar-refractivity contribution in [1.82, 2.24) is 15.5 Å². The standard InChI is InChI=1S/C8H13N3S/c1-6-10-11-8(12-6)7-3-2-4-9-5-7/h7,9H,2-5H2,1H3/t7-/m1/s1. The van der Waals surface area contributed by atoms with E-state index in [-0.39, 0.29) is 0 Å². The van der Waals surface area contributed by atoms with Crippen molar-refractivity contribution >= 4 is 11.3 Å². The van der Waals surface area contributed by atoms with E-state index in [1.54, 1.807) is 11.3 Å². The summed E-state index contributed by atoms with van der Waals surface area (Å²) in [5.74, 6) is 0.616. The van der Waals surface area contributed by atoms with E-state index < -0.39 is 0 Å². The van der Waals surface area contributed by atoms with E-state index in [1.807, 2.05) is 6.92 Å². The molecule has 0 radical (unpaired) electrons. The molecule has 4 heteroatoms. The van der Waals surface area contributed by atoms with Crippen LogP contribution in [0.5, 0.6) is 0 Å². The molecule has 1 fully saturated rings. The van der Waals surface area contributed by atoms with Crippen LogP contribution in [0, 0.1) is 6.92 Å². The fourth-order valence-corrected chi connectivity index (χ4v) is 2.37. The first-order valence-electron chi connectivity index (χ1n) is 4.37. The molecule has 0 aliphatic carbocycles. The van der Waals surface area contributed by atoms with Crippen molar-refractivity contribution in [1.29, 1.82) is 0 Å². The summed E-state index contributed by atoms with van der Waals surface area (Å²) in [4.78, 5) is 0. The summed E-state index contributed by atoms with van der Waals surface area (Å²) in [6, 6.07) is 0. The maximum Gasteiger partial charge on any atom is 0.121 e. The highest BCUT2D eigenvalue weighted by Gasteiger charge is 2.18. The van der Waals surface area contributed by atoms with Crippen LogP contribution in [0.4, 0.5) is 0 Å². The maximum absolute atomic E-state index is 4.17. The van der Waals surface area contributed by atoms with Crippen molar-refractivity contribution < 1.29 is 0 Å². The van der Waals surface area contributed by atoms with Crippen LogP contribution in [0.3, 0.4) is 0 Å². The van der Waals surface area contributed by atoms with E-state index in [0.717, 1.165) is 18.1 Å². The Hall–Kier alpha value is -0.480. The fraction of sp³-hybridized carbons (Fsp3) is 0.750. The zero-order valence-electron chi connectivity index (χ0n) is 7.21. The Bertz CT molecular complexity index is 253. The number of piperidine rings is 1. The van der Waals surface area contributed by atoms with Gasteiger partial charge in [-0.15, -0.1) is 21.5 Å². The molecule has 1 aliphatic heterocycles. The minimum Gasteiger partial charge on any atom is -0.316 e. The van der Waals surface area contributed by atoms with Gasteiger partial charge >= 0.3 is 0 Å². The number of nitrogens with one attached hydrogen (secondary N) is 1. The first kappa shape index (κ1) is 8.13. The van der Waals surface area contributed by atoms with Crippen molar-refractivity contribution in [3.8, 4) is 0 Å². The highest BCUT2D eigenvalue weighted by atomic mass is 32.1. The summed E-state index contributed by atoms with van der Waals surface area (Å²) in [5.41, 5.74) is 0. The maximum atomic E-state index is 4.17. The average Bonchev–Trinajstić information content (AvgIpc) is 2.54. The van der Waals surface area contributed by atoms with Crippen molar-refractivity contribution in [2.45, 2.75) is 25.7 Å². The Labute approximate surface area is 76.2 Å². The molecule has 0 spiro atoms. The topological polar surface area (TPSA) is 37.8 Å². The second kappa shape index (κ2) is 3.49. The van der Waals surface area contributed by atoms with Crippen molar-refractivity contribution in [3.63, 3.8) is 0 Å². The summed E-state index contributed by atoms with van der Waals surface area (Å²) in [6.45, 7) is 4.25. The molecular weight excluding hydrogens is 170 g/mol. The minimum absolute atomic E-state index is 0.616. The molecule has 0 aromatic carbocycles. The van der Waals surface area contributed by atoms with Gasteiger partial charge in [-0.3, -0.25) is 0 Å². The molecule has 0 saturated carbocycles. The van der Waals surface area contributed by atoms with Crippen LogP contribution in [0.15, 0.2) is 0 Å². The molecule has 2 rings (SSSR count). The smallest absolute Gasteiger partial charge is 0.121 e. The predicted octanol–water partition coefficient (Wildman–Crippen LogP) is 1.31. The number of rotatable bonds is 1. The lowest BCUT2D eigenvalue weighted by atomic mass is 10.0. The quantitative estimate of drug-likeness (QED) is 0.713. The van der Waals surface area contributed by atoms with E-state index in [4.69, 9.17) is 0 Å². The molecule has 1 atom stereocenters. The molecule has 3 nitrogen and oxygen atoms in total. The van der Waals surface area contributed by atoms with Crippen LogP contribution in [0.2, 0.25) is 0 Å². The van der Waals surface area contributed by atoms with Crippen molar-refractivity contribution in [3.05, 3.63) is 10.0 Å². The highest BCUT2D eigenvalue weighted by molar-refractivity contribution is 7.11. The molecular formula is C8H13N3S. The van der Waals surface area contributed by atoms with E-state index in [0.29, 0.717) is 5.92 Å². The Balaban J connectivity index is 2.08. The van der Waals surface area contributed by atoms with Gasteiger partial charge in [-0.1, -0.05) is 0 Å². The van der Waals surface area contributed by atoms with E-state index in [9.17, 15) is 0 Å². The van der Waals surface area contributed by atoms with Crippen molar-refractivity contribution in [2.75, 3.05) is 13.1 Å². The Morgan fingerprint density at radius 2 is 2.42 bits per heavy atom. The first-order chi connectivity index (χ1) is 5.86. The van der Waals surface area contributed by atoms with Gasteiger partial charge in [0.15, 0.2) is 0 Å². The summed E-state index contributed by atoms with van der Waals surface area (Å²) in [7, 11) is 0. The molecule has 1 N–H and O–H groups in total. The Morgan fingerprint density at radius 1 is 1.50 bits per heavy atom. The fourth-order valence-electron chi connectivity index (χ4n) is 1.54. The zero-order chi connectivity index (χ0) is 8.39. The summed E-state index contributed by atoms with van der Waals surface area (Å²) < 4.78 is 0. The number of aromatic nitrogens is 2. The second-order valence-electron chi connectivity index (χ2n) is 3.20. The van der Waals surface area contributed by atoms with E-state index in [1.165, 1.54) is 17.8 Å². The monoisotopic (exact) mass is 183 g/mol. The van der Waals surface area contributed by atoms with Gasteiger partial charge in [-0.2, -0.15) is 0 Å². The lowest BCUT2D eigenvalue weighted by molar-refractivity contribution is 0.458. The van der Waals surface area contributed by atoms with E-state index >= 15 is 0 Å². The number of hydrogen-bond donors (Lipinski definition) is 1. The molecule has 2 heterocycles. The largest absolute Gasteiger partial charge is 0.316 e. The average molecular weight is 183 g/mol. The molecule has 1 aromatic heterocycles. The van der Waals surface area contributed by atoms with Gasteiger partial charge in [0.05, 0.1) is 0 Å². The molecule has 12 heavy (non-hydrogen) atoms. The van der Waals surface area contributed by atoms with Gasteiger partial charge in [0.2, 0.25) is 0 Å². The SMILES string of the molecule is Cc1nnc([C@@H]2CCCNC2)s1. The van der Waals surface area contributed by atoms with Gasteiger partial charge in [-0.25, -0.2) is 0 Å². The van der Waals surface area contributed by atoms with E-state index in [2.05, 4.69) is 15.5 Å². The number of hydrogen-bond acceptors (Lipinski definition) is 4. The molecule has 0 unspecified atom stereocenters. The predicted molar refractivity (Wildman–Crippen MR) is 49.5 cm³/mol. The summed E-state index contributed by atoms with van der Waals surface area (Å²) in [5, 5.41) is 13.9. The molecule has 1 aliphatic rings. The third kappa shape index (κ3) is 1.64. The van der Waals surface area contributed by atoms with Crippen LogP contribution in [-0.2, 0) is 0 Å². The van der Waals surface area contributed by atoms with Crippen LogP contribution in [0.25, 0.3) is 0 Å². The highest BCUT2D eigenvalue weighted by Crippen LogP contribution is 2.25. The number of aryl methyl sites for hydroxylation is 1. The molecule has 1 aromatic rings. The lowest BCUT2D eigenvalue weighted by Crippen LogP contribution is -2.28. The summed E-state index contributed by atoms with van der Waals surface area (Å²) >= 11 is 1.73. The number of nitrogens with zero attached hydrogens (tertiary/aromatic N) is 2.